The van der Waals surface area contributed by atoms with Gasteiger partial charge in [0, 0.05) is 0 Å². The molecule has 0 spiro atoms. The smallest absolute Gasteiger partial charge is 0.161 e. The lowest BCUT2D eigenvalue weighted by atomic mass is 9.99. The van der Waals surface area contributed by atoms with Crippen molar-refractivity contribution < 1.29 is 13.9 Å². The molecule has 1 atom stereocenters. The second kappa shape index (κ2) is 5.31. The largest absolute Gasteiger partial charge is 0.486 e. The van der Waals surface area contributed by atoms with Crippen molar-refractivity contribution >= 4 is 11.6 Å². The molecule has 2 aromatic carbocycles. The first kappa shape index (κ1) is 13.2. The van der Waals surface area contributed by atoms with E-state index in [2.05, 4.69) is 0 Å². The first-order chi connectivity index (χ1) is 9.65. The predicted octanol–water partition coefficient (Wildman–Crippen LogP) is 3.30. The number of rotatable bonds is 2. The van der Waals surface area contributed by atoms with Crippen molar-refractivity contribution in [1.29, 1.82) is 0 Å². The van der Waals surface area contributed by atoms with Gasteiger partial charge in [0.05, 0.1) is 11.1 Å². The molecule has 0 bridgehead atoms. The van der Waals surface area contributed by atoms with Gasteiger partial charge in [-0.25, -0.2) is 4.39 Å². The molecule has 5 heteroatoms. The zero-order valence-electron chi connectivity index (χ0n) is 10.6. The number of ether oxygens (including phenoxy) is 2. The Morgan fingerprint density at radius 1 is 1.00 bits per heavy atom. The Kier molecular flexibility index (Phi) is 3.51. The van der Waals surface area contributed by atoms with E-state index in [0.29, 0.717) is 30.3 Å². The van der Waals surface area contributed by atoms with Crippen LogP contribution >= 0.6 is 11.6 Å². The fourth-order valence-corrected chi connectivity index (χ4v) is 2.27. The van der Waals surface area contributed by atoms with Crippen molar-refractivity contribution in [2.24, 2.45) is 5.73 Å². The van der Waals surface area contributed by atoms with Crippen LogP contribution in [-0.2, 0) is 0 Å². The Balaban J connectivity index is 1.93. The molecule has 0 amide bonds. The first-order valence-corrected chi connectivity index (χ1v) is 6.63. The Morgan fingerprint density at radius 2 is 1.65 bits per heavy atom. The normalized spacial score (nSPS) is 14.9. The van der Waals surface area contributed by atoms with E-state index in [1.165, 1.54) is 12.1 Å². The maximum Gasteiger partial charge on any atom is 0.161 e. The summed E-state index contributed by atoms with van der Waals surface area (Å²) in [5, 5.41) is 0.0862. The summed E-state index contributed by atoms with van der Waals surface area (Å²) in [6.45, 7) is 1.06. The number of fused-ring (bicyclic) bond motifs is 1. The number of nitrogens with two attached hydrogens (primary N) is 1. The van der Waals surface area contributed by atoms with Crippen molar-refractivity contribution in [3.8, 4) is 11.5 Å². The predicted molar refractivity (Wildman–Crippen MR) is 74.9 cm³/mol. The molecule has 0 fully saturated rings. The fourth-order valence-electron chi connectivity index (χ4n) is 2.15. The molecule has 3 rings (SSSR count). The van der Waals surface area contributed by atoms with Gasteiger partial charge >= 0.3 is 0 Å². The highest BCUT2D eigenvalue weighted by Gasteiger charge is 2.16. The van der Waals surface area contributed by atoms with Gasteiger partial charge in [-0.15, -0.1) is 0 Å². The molecule has 1 aliphatic rings. The van der Waals surface area contributed by atoms with Gasteiger partial charge in [0.2, 0.25) is 0 Å². The SMILES string of the molecule is NC(c1ccc(Cl)c(F)c1)c1ccc2c(c1)OCCO2. The van der Waals surface area contributed by atoms with Crippen LogP contribution in [0.2, 0.25) is 5.02 Å². The third-order valence-corrected chi connectivity index (χ3v) is 3.53. The summed E-state index contributed by atoms with van der Waals surface area (Å²) in [6.07, 6.45) is 0. The van der Waals surface area contributed by atoms with Crippen LogP contribution in [0.25, 0.3) is 0 Å². The molecule has 0 aliphatic carbocycles. The van der Waals surface area contributed by atoms with Crippen molar-refractivity contribution in [3.63, 3.8) is 0 Å². The molecular weight excluding hydrogens is 281 g/mol. The molecule has 0 radical (unpaired) electrons. The number of hydrogen-bond acceptors (Lipinski definition) is 3. The van der Waals surface area contributed by atoms with E-state index < -0.39 is 11.9 Å². The van der Waals surface area contributed by atoms with Crippen molar-refractivity contribution in [2.75, 3.05) is 13.2 Å². The average Bonchev–Trinajstić information content (AvgIpc) is 2.49. The Bertz CT molecular complexity index is 648. The molecule has 20 heavy (non-hydrogen) atoms. The zero-order chi connectivity index (χ0) is 14.1. The van der Waals surface area contributed by atoms with E-state index in [9.17, 15) is 4.39 Å². The second-order valence-corrected chi connectivity index (χ2v) is 4.96. The van der Waals surface area contributed by atoms with E-state index in [4.69, 9.17) is 26.8 Å². The van der Waals surface area contributed by atoms with Gasteiger partial charge in [0.25, 0.3) is 0 Å². The lowest BCUT2D eigenvalue weighted by Gasteiger charge is -2.20. The van der Waals surface area contributed by atoms with Gasteiger partial charge in [0.15, 0.2) is 11.5 Å². The van der Waals surface area contributed by atoms with Gasteiger partial charge in [-0.3, -0.25) is 0 Å². The van der Waals surface area contributed by atoms with Gasteiger partial charge in [0.1, 0.15) is 19.0 Å². The minimum atomic E-state index is -0.475. The highest BCUT2D eigenvalue weighted by molar-refractivity contribution is 6.30. The molecule has 1 aliphatic heterocycles. The van der Waals surface area contributed by atoms with E-state index >= 15 is 0 Å². The summed E-state index contributed by atoms with van der Waals surface area (Å²) < 4.78 is 24.5. The fraction of sp³-hybridized carbons (Fsp3) is 0.200. The number of hydrogen-bond donors (Lipinski definition) is 1. The van der Waals surface area contributed by atoms with E-state index in [1.54, 1.807) is 6.07 Å². The van der Waals surface area contributed by atoms with Gasteiger partial charge in [-0.1, -0.05) is 23.7 Å². The molecule has 2 aromatic rings. The minimum absolute atomic E-state index is 0.0862. The first-order valence-electron chi connectivity index (χ1n) is 6.25. The van der Waals surface area contributed by atoms with Crippen LogP contribution in [0, 0.1) is 5.82 Å². The monoisotopic (exact) mass is 293 g/mol. The van der Waals surface area contributed by atoms with E-state index in [-0.39, 0.29) is 5.02 Å². The highest BCUT2D eigenvalue weighted by atomic mass is 35.5. The molecule has 0 saturated carbocycles. The van der Waals surface area contributed by atoms with E-state index in [0.717, 1.165) is 5.56 Å². The Hall–Kier alpha value is -1.78. The lowest BCUT2D eigenvalue weighted by molar-refractivity contribution is 0.171. The minimum Gasteiger partial charge on any atom is -0.486 e. The van der Waals surface area contributed by atoms with Crippen LogP contribution < -0.4 is 15.2 Å². The topological polar surface area (TPSA) is 44.5 Å². The van der Waals surface area contributed by atoms with Crippen LogP contribution in [0.5, 0.6) is 11.5 Å². The van der Waals surface area contributed by atoms with Gasteiger partial charge < -0.3 is 15.2 Å². The molecule has 1 unspecified atom stereocenters. The molecule has 2 N–H and O–H groups in total. The van der Waals surface area contributed by atoms with Crippen LogP contribution in [0.1, 0.15) is 17.2 Å². The maximum atomic E-state index is 13.5. The summed E-state index contributed by atoms with van der Waals surface area (Å²) in [7, 11) is 0. The summed E-state index contributed by atoms with van der Waals surface area (Å²) in [6, 6.07) is 9.62. The molecule has 1 heterocycles. The Morgan fingerprint density at radius 3 is 2.40 bits per heavy atom. The lowest BCUT2D eigenvalue weighted by Crippen LogP contribution is -2.17. The standard InChI is InChI=1S/C15H13ClFNO2/c16-11-3-1-9(7-12(11)17)15(18)10-2-4-13-14(8-10)20-6-5-19-13/h1-4,7-8,15H,5-6,18H2. The average molecular weight is 294 g/mol. The molecule has 0 saturated heterocycles. The number of halogens is 2. The quantitative estimate of drug-likeness (QED) is 0.924. The van der Waals surface area contributed by atoms with Crippen molar-refractivity contribution in [2.45, 2.75) is 6.04 Å². The summed E-state index contributed by atoms with van der Waals surface area (Å²) in [5.74, 6) is 0.894. The van der Waals surface area contributed by atoms with Crippen LogP contribution in [0.3, 0.4) is 0 Å². The van der Waals surface area contributed by atoms with Gasteiger partial charge in [-0.2, -0.15) is 0 Å². The molecule has 0 aromatic heterocycles. The van der Waals surface area contributed by atoms with Gasteiger partial charge in [-0.05, 0) is 35.4 Å². The van der Waals surface area contributed by atoms with Crippen molar-refractivity contribution in [3.05, 3.63) is 58.4 Å². The summed E-state index contributed by atoms with van der Waals surface area (Å²) in [4.78, 5) is 0. The highest BCUT2D eigenvalue weighted by Crippen LogP contribution is 2.34. The van der Waals surface area contributed by atoms with Crippen molar-refractivity contribution in [1.82, 2.24) is 0 Å². The molecular formula is C15H13ClFNO2. The maximum absolute atomic E-state index is 13.5. The second-order valence-electron chi connectivity index (χ2n) is 4.55. The van der Waals surface area contributed by atoms with Crippen LogP contribution in [0.15, 0.2) is 36.4 Å². The third kappa shape index (κ3) is 2.44. The third-order valence-electron chi connectivity index (χ3n) is 3.23. The van der Waals surface area contributed by atoms with E-state index in [1.807, 2.05) is 18.2 Å². The zero-order valence-corrected chi connectivity index (χ0v) is 11.4. The number of benzene rings is 2. The summed E-state index contributed by atoms with van der Waals surface area (Å²) >= 11 is 5.67. The Labute approximate surface area is 121 Å². The van der Waals surface area contributed by atoms with Crippen LogP contribution in [0.4, 0.5) is 4.39 Å². The molecule has 104 valence electrons. The molecule has 3 nitrogen and oxygen atoms in total. The summed E-state index contributed by atoms with van der Waals surface area (Å²) in [5.41, 5.74) is 7.65. The van der Waals surface area contributed by atoms with Crippen LogP contribution in [-0.4, -0.2) is 13.2 Å².